The van der Waals surface area contributed by atoms with Crippen molar-refractivity contribution in [3.8, 4) is 0 Å². The van der Waals surface area contributed by atoms with Gasteiger partial charge in [0, 0.05) is 5.69 Å². The van der Waals surface area contributed by atoms with Crippen LogP contribution in [0, 0.1) is 5.82 Å². The lowest BCUT2D eigenvalue weighted by Gasteiger charge is -2.39. The van der Waals surface area contributed by atoms with Gasteiger partial charge in [-0.2, -0.15) is 0 Å². The highest BCUT2D eigenvalue weighted by Crippen LogP contribution is 2.26. The molecule has 1 fully saturated rings. The van der Waals surface area contributed by atoms with E-state index in [1.165, 1.54) is 29.2 Å². The summed E-state index contributed by atoms with van der Waals surface area (Å²) in [5.74, 6) is -1.65. The first-order valence-electron chi connectivity index (χ1n) is 5.81. The van der Waals surface area contributed by atoms with Gasteiger partial charge in [0.15, 0.2) is 0 Å². The summed E-state index contributed by atoms with van der Waals surface area (Å²) in [6.07, 6.45) is -0.196. The van der Waals surface area contributed by atoms with Crippen molar-refractivity contribution >= 4 is 17.6 Å². The molecule has 1 aliphatic rings. The number of hydrogen-bond acceptors (Lipinski definition) is 3. The molecule has 1 amide bonds. The average molecular weight is 267 g/mol. The number of carboxylic acids is 1. The molecule has 2 rings (SSSR count). The summed E-state index contributed by atoms with van der Waals surface area (Å²) in [7, 11) is 0. The highest BCUT2D eigenvalue weighted by Gasteiger charge is 2.38. The number of ether oxygens (including phenoxy) is 1. The molecule has 0 radical (unpaired) electrons. The van der Waals surface area contributed by atoms with Crippen molar-refractivity contribution in [2.45, 2.75) is 18.9 Å². The van der Waals surface area contributed by atoms with Gasteiger partial charge in [0.1, 0.15) is 12.4 Å². The Morgan fingerprint density at radius 3 is 2.68 bits per heavy atom. The largest absolute Gasteiger partial charge is 0.481 e. The van der Waals surface area contributed by atoms with Gasteiger partial charge in [-0.15, -0.1) is 0 Å². The SMILES string of the molecule is CC1(CC(=O)O)CN(c2ccc(F)cc2)C(=O)CO1. The van der Waals surface area contributed by atoms with E-state index in [0.29, 0.717) is 5.69 Å². The maximum atomic E-state index is 12.9. The summed E-state index contributed by atoms with van der Waals surface area (Å²) in [5, 5.41) is 8.86. The third-order valence-corrected chi connectivity index (χ3v) is 3.00. The molecular formula is C13H14FNO4. The Balaban J connectivity index is 2.21. The van der Waals surface area contributed by atoms with Gasteiger partial charge < -0.3 is 14.7 Å². The standard InChI is InChI=1S/C13H14FNO4/c1-13(6-12(17)18)8-15(11(16)7-19-13)10-4-2-9(14)3-5-10/h2-5H,6-8H2,1H3,(H,17,18). The van der Waals surface area contributed by atoms with Crippen LogP contribution in [0.2, 0.25) is 0 Å². The lowest BCUT2D eigenvalue weighted by Crippen LogP contribution is -2.54. The number of nitrogens with zero attached hydrogens (tertiary/aromatic N) is 1. The number of halogens is 1. The van der Waals surface area contributed by atoms with Crippen LogP contribution < -0.4 is 4.90 Å². The molecule has 102 valence electrons. The van der Waals surface area contributed by atoms with E-state index in [2.05, 4.69) is 0 Å². The third-order valence-electron chi connectivity index (χ3n) is 3.00. The van der Waals surface area contributed by atoms with Crippen molar-refractivity contribution in [3.05, 3.63) is 30.1 Å². The number of hydrogen-bond donors (Lipinski definition) is 1. The van der Waals surface area contributed by atoms with Gasteiger partial charge in [0.25, 0.3) is 5.91 Å². The van der Waals surface area contributed by atoms with Gasteiger partial charge in [0.2, 0.25) is 0 Å². The number of amides is 1. The first kappa shape index (κ1) is 13.5. The summed E-state index contributed by atoms with van der Waals surface area (Å²) < 4.78 is 18.2. The van der Waals surface area contributed by atoms with Crippen LogP contribution in [0.1, 0.15) is 13.3 Å². The van der Waals surface area contributed by atoms with Crippen LogP contribution in [0.15, 0.2) is 24.3 Å². The Morgan fingerprint density at radius 1 is 1.47 bits per heavy atom. The van der Waals surface area contributed by atoms with E-state index in [4.69, 9.17) is 9.84 Å². The lowest BCUT2D eigenvalue weighted by molar-refractivity contribution is -0.151. The minimum Gasteiger partial charge on any atom is -0.481 e. The molecule has 1 aromatic rings. The van der Waals surface area contributed by atoms with Crippen molar-refractivity contribution in [1.29, 1.82) is 0 Å². The predicted molar refractivity (Wildman–Crippen MR) is 65.4 cm³/mol. The monoisotopic (exact) mass is 267 g/mol. The van der Waals surface area contributed by atoms with Gasteiger partial charge in [-0.3, -0.25) is 9.59 Å². The van der Waals surface area contributed by atoms with E-state index >= 15 is 0 Å². The fourth-order valence-electron chi connectivity index (χ4n) is 2.07. The number of carboxylic acid groups (broad SMARTS) is 1. The second-order valence-electron chi connectivity index (χ2n) is 4.77. The maximum Gasteiger partial charge on any atom is 0.306 e. The van der Waals surface area contributed by atoms with Crippen molar-refractivity contribution in [1.82, 2.24) is 0 Å². The maximum absolute atomic E-state index is 12.9. The minimum absolute atomic E-state index is 0.129. The molecule has 1 atom stereocenters. The van der Waals surface area contributed by atoms with Crippen LogP contribution in [0.25, 0.3) is 0 Å². The second kappa shape index (κ2) is 4.97. The molecule has 0 aliphatic carbocycles. The molecular weight excluding hydrogens is 253 g/mol. The number of benzene rings is 1. The Bertz CT molecular complexity index is 502. The molecule has 0 aromatic heterocycles. The first-order chi connectivity index (χ1) is 8.89. The summed E-state index contributed by atoms with van der Waals surface area (Å²) in [6.45, 7) is 1.59. The number of carbonyl (C=O) groups is 2. The molecule has 1 N–H and O–H groups in total. The molecule has 0 bridgehead atoms. The lowest BCUT2D eigenvalue weighted by atomic mass is 9.99. The normalized spacial score (nSPS) is 23.5. The molecule has 1 aromatic carbocycles. The molecule has 19 heavy (non-hydrogen) atoms. The quantitative estimate of drug-likeness (QED) is 0.899. The molecule has 1 unspecified atom stereocenters. The minimum atomic E-state index is -0.990. The van der Waals surface area contributed by atoms with Crippen LogP contribution in [-0.4, -0.2) is 35.7 Å². The number of carbonyl (C=O) groups excluding carboxylic acids is 1. The van der Waals surface area contributed by atoms with Gasteiger partial charge >= 0.3 is 5.97 Å². The smallest absolute Gasteiger partial charge is 0.306 e. The van der Waals surface area contributed by atoms with Crippen LogP contribution in [0.3, 0.4) is 0 Å². The Hall–Kier alpha value is -1.95. The van der Waals surface area contributed by atoms with Crippen molar-refractivity contribution in [3.63, 3.8) is 0 Å². The number of morpholine rings is 1. The van der Waals surface area contributed by atoms with E-state index in [-0.39, 0.29) is 25.5 Å². The van der Waals surface area contributed by atoms with Crippen LogP contribution >= 0.6 is 0 Å². The molecule has 0 spiro atoms. The van der Waals surface area contributed by atoms with Gasteiger partial charge in [0.05, 0.1) is 18.6 Å². The molecule has 1 saturated heterocycles. The van der Waals surface area contributed by atoms with E-state index in [1.807, 2.05) is 0 Å². The second-order valence-corrected chi connectivity index (χ2v) is 4.77. The fraction of sp³-hybridized carbons (Fsp3) is 0.385. The zero-order chi connectivity index (χ0) is 14.0. The molecule has 6 heteroatoms. The Morgan fingerprint density at radius 2 is 2.11 bits per heavy atom. The van der Waals surface area contributed by atoms with Crippen LogP contribution in [-0.2, 0) is 14.3 Å². The van der Waals surface area contributed by atoms with E-state index < -0.39 is 17.4 Å². The number of rotatable bonds is 3. The summed E-state index contributed by atoms with van der Waals surface area (Å²) >= 11 is 0. The average Bonchev–Trinajstić information content (AvgIpc) is 2.33. The summed E-state index contributed by atoms with van der Waals surface area (Å²) in [5.41, 5.74) is -0.403. The van der Waals surface area contributed by atoms with Crippen molar-refractivity contribution < 1.29 is 23.8 Å². The van der Waals surface area contributed by atoms with Crippen molar-refractivity contribution in [2.75, 3.05) is 18.1 Å². The zero-order valence-corrected chi connectivity index (χ0v) is 10.4. The van der Waals surface area contributed by atoms with Crippen LogP contribution in [0.4, 0.5) is 10.1 Å². The molecule has 5 nitrogen and oxygen atoms in total. The van der Waals surface area contributed by atoms with Gasteiger partial charge in [-0.1, -0.05) is 0 Å². The highest BCUT2D eigenvalue weighted by atomic mass is 19.1. The first-order valence-corrected chi connectivity index (χ1v) is 5.81. The summed E-state index contributed by atoms with van der Waals surface area (Å²) in [4.78, 5) is 24.0. The van der Waals surface area contributed by atoms with Crippen molar-refractivity contribution in [2.24, 2.45) is 0 Å². The number of aliphatic carboxylic acids is 1. The third kappa shape index (κ3) is 3.08. The molecule has 1 aliphatic heterocycles. The fourth-order valence-corrected chi connectivity index (χ4v) is 2.07. The number of anilines is 1. The molecule has 1 heterocycles. The van der Waals surface area contributed by atoms with E-state index in [0.717, 1.165) is 0 Å². The van der Waals surface area contributed by atoms with E-state index in [9.17, 15) is 14.0 Å². The molecule has 0 saturated carbocycles. The highest BCUT2D eigenvalue weighted by molar-refractivity contribution is 5.95. The summed E-state index contributed by atoms with van der Waals surface area (Å²) in [6, 6.07) is 5.48. The Kier molecular flexibility index (Phi) is 3.53. The van der Waals surface area contributed by atoms with Crippen LogP contribution in [0.5, 0.6) is 0 Å². The predicted octanol–water partition coefficient (Wildman–Crippen LogP) is 1.42. The topological polar surface area (TPSA) is 66.8 Å². The van der Waals surface area contributed by atoms with Gasteiger partial charge in [-0.25, -0.2) is 4.39 Å². The Labute approximate surface area is 109 Å². The van der Waals surface area contributed by atoms with E-state index in [1.54, 1.807) is 6.92 Å². The van der Waals surface area contributed by atoms with Gasteiger partial charge in [-0.05, 0) is 31.2 Å². The zero-order valence-electron chi connectivity index (χ0n) is 10.4.